The number of rotatable bonds is 8. The highest BCUT2D eigenvalue weighted by atomic mass is 19.1. The Labute approximate surface area is 169 Å². The van der Waals surface area contributed by atoms with Crippen LogP contribution in [0.4, 0.5) is 10.1 Å². The van der Waals surface area contributed by atoms with Crippen LogP contribution in [0.3, 0.4) is 0 Å². The molecule has 0 saturated heterocycles. The molecular formula is C21H24BFN2O4. The molecule has 2 aromatic carbocycles. The van der Waals surface area contributed by atoms with Crippen LogP contribution in [-0.4, -0.2) is 41.5 Å². The highest BCUT2D eigenvalue weighted by Gasteiger charge is 2.28. The summed E-state index contributed by atoms with van der Waals surface area (Å²) in [6.45, 7) is 6.35. The Kier molecular flexibility index (Phi) is 7.70. The summed E-state index contributed by atoms with van der Waals surface area (Å²) in [6.07, 6.45) is 0.185. The van der Waals surface area contributed by atoms with Crippen molar-refractivity contribution in [2.45, 2.75) is 26.2 Å². The lowest BCUT2D eigenvalue weighted by atomic mass is 9.75. The summed E-state index contributed by atoms with van der Waals surface area (Å²) in [7, 11) is -1.81. The quantitative estimate of drug-likeness (QED) is 0.468. The molecule has 29 heavy (non-hydrogen) atoms. The molecule has 2 rings (SSSR count). The van der Waals surface area contributed by atoms with Gasteiger partial charge in [0.1, 0.15) is 6.54 Å². The van der Waals surface area contributed by atoms with Gasteiger partial charge in [-0.25, -0.2) is 4.39 Å². The van der Waals surface area contributed by atoms with E-state index in [-0.39, 0.29) is 6.42 Å². The first-order chi connectivity index (χ1) is 13.7. The molecule has 0 heterocycles. The summed E-state index contributed by atoms with van der Waals surface area (Å²) in [5.41, 5.74) is 3.20. The number of carbonyl (C=O) groups excluding carboxylic acids is 2. The smallest absolute Gasteiger partial charge is 0.426 e. The number of benzene rings is 2. The van der Waals surface area contributed by atoms with Crippen LogP contribution in [0.15, 0.2) is 60.9 Å². The van der Waals surface area contributed by atoms with Crippen LogP contribution in [0.5, 0.6) is 0 Å². The van der Waals surface area contributed by atoms with Gasteiger partial charge in [-0.15, -0.1) is 0 Å². The van der Waals surface area contributed by atoms with Crippen molar-refractivity contribution < 1.29 is 24.0 Å². The van der Waals surface area contributed by atoms with Crippen molar-refractivity contribution in [3.05, 3.63) is 77.6 Å². The van der Waals surface area contributed by atoms with Crippen LogP contribution in [-0.2, 0) is 16.0 Å². The van der Waals surface area contributed by atoms with Gasteiger partial charge < -0.3 is 15.4 Å². The number of carbonyl (C=O) groups is 2. The number of anilines is 1. The van der Waals surface area contributed by atoms with Crippen molar-refractivity contribution >= 4 is 24.6 Å². The fourth-order valence-corrected chi connectivity index (χ4v) is 2.97. The zero-order valence-corrected chi connectivity index (χ0v) is 16.4. The van der Waals surface area contributed by atoms with E-state index in [1.54, 1.807) is 30.3 Å². The lowest BCUT2D eigenvalue weighted by molar-refractivity contribution is -0.123. The summed E-state index contributed by atoms with van der Waals surface area (Å²) in [5.74, 6) is -3.89. The second-order valence-corrected chi connectivity index (χ2v) is 6.85. The number of nitrogens with one attached hydrogen (secondary N) is 1. The summed E-state index contributed by atoms with van der Waals surface area (Å²) in [5, 5.41) is 21.9. The predicted molar refractivity (Wildman–Crippen MR) is 111 cm³/mol. The number of amides is 2. The molecule has 0 bridgehead atoms. The normalized spacial score (nSPS) is 11.5. The minimum absolute atomic E-state index is 0.185. The average molecular weight is 398 g/mol. The first-order valence-electron chi connectivity index (χ1n) is 9.12. The number of para-hydroxylation sites is 1. The van der Waals surface area contributed by atoms with Crippen LogP contribution in [0.2, 0.25) is 0 Å². The van der Waals surface area contributed by atoms with Crippen molar-refractivity contribution in [3.63, 3.8) is 0 Å². The minimum Gasteiger partial charge on any atom is -0.426 e. The summed E-state index contributed by atoms with van der Waals surface area (Å²) in [6, 6.07) is 13.8. The molecule has 0 aliphatic rings. The molecule has 2 aromatic rings. The van der Waals surface area contributed by atoms with Gasteiger partial charge in [0.05, 0.1) is 5.94 Å². The third-order valence-corrected chi connectivity index (χ3v) is 4.49. The summed E-state index contributed by atoms with van der Waals surface area (Å²) >= 11 is 0. The Hall–Kier alpha value is -2.97. The molecule has 0 aromatic heterocycles. The molecule has 1 atom stereocenters. The van der Waals surface area contributed by atoms with Crippen molar-refractivity contribution in [1.82, 2.24) is 5.32 Å². The molecule has 152 valence electrons. The first kappa shape index (κ1) is 22.3. The monoisotopic (exact) mass is 398 g/mol. The van der Waals surface area contributed by atoms with E-state index < -0.39 is 37.2 Å². The van der Waals surface area contributed by atoms with Gasteiger partial charge in [-0.2, -0.15) is 0 Å². The molecule has 8 heteroatoms. The fourth-order valence-electron chi connectivity index (χ4n) is 2.97. The predicted octanol–water partition coefficient (Wildman–Crippen LogP) is 1.86. The van der Waals surface area contributed by atoms with Gasteiger partial charge in [-0.1, -0.05) is 48.5 Å². The Morgan fingerprint density at radius 3 is 2.38 bits per heavy atom. The van der Waals surface area contributed by atoms with E-state index in [1.807, 2.05) is 32.0 Å². The zero-order valence-electron chi connectivity index (χ0n) is 16.4. The molecule has 3 N–H and O–H groups in total. The molecule has 6 nitrogen and oxygen atoms in total. The third kappa shape index (κ3) is 6.27. The minimum atomic E-state index is -1.81. The van der Waals surface area contributed by atoms with E-state index in [2.05, 4.69) is 11.9 Å². The van der Waals surface area contributed by atoms with Gasteiger partial charge in [-0.3, -0.25) is 14.5 Å². The Morgan fingerprint density at radius 1 is 1.17 bits per heavy atom. The standard InChI is InChI=1S/C21H24BFN2O4/c1-14-9-10-17(15(2)11-14)12-19(22(28)29)24-20(26)13-25(21(27)16(3)23)18-7-5-4-6-8-18/h4-11,19,28-29H,3,12-13H2,1-2H3,(H,24,26)/t19-/m0/s1. The lowest BCUT2D eigenvalue weighted by Gasteiger charge is -2.24. The summed E-state index contributed by atoms with van der Waals surface area (Å²) < 4.78 is 13.4. The SMILES string of the molecule is C=C(F)C(=O)N(CC(=O)N[C@@H](Cc1ccc(C)cc1C)B(O)O)c1ccccc1. The van der Waals surface area contributed by atoms with Crippen molar-refractivity contribution in [2.75, 3.05) is 11.4 Å². The maximum absolute atomic E-state index is 13.4. The largest absolute Gasteiger partial charge is 0.475 e. The number of hydrogen-bond acceptors (Lipinski definition) is 4. The van der Waals surface area contributed by atoms with Crippen LogP contribution in [0.1, 0.15) is 16.7 Å². The Morgan fingerprint density at radius 2 is 1.83 bits per heavy atom. The van der Waals surface area contributed by atoms with Gasteiger partial charge in [0.2, 0.25) is 5.91 Å². The van der Waals surface area contributed by atoms with Crippen LogP contribution >= 0.6 is 0 Å². The maximum atomic E-state index is 13.4. The average Bonchev–Trinajstić information content (AvgIpc) is 2.67. The Balaban J connectivity index is 2.15. The van der Waals surface area contributed by atoms with Gasteiger partial charge in [0, 0.05) is 5.69 Å². The molecule has 0 radical (unpaired) electrons. The van der Waals surface area contributed by atoms with Gasteiger partial charge in [-0.05, 0) is 43.5 Å². The number of aryl methyl sites for hydroxylation is 2. The molecule has 0 fully saturated rings. The zero-order chi connectivity index (χ0) is 21.6. The second kappa shape index (κ2) is 10.00. The highest BCUT2D eigenvalue weighted by molar-refractivity contribution is 6.43. The van der Waals surface area contributed by atoms with E-state index >= 15 is 0 Å². The van der Waals surface area contributed by atoms with Gasteiger partial charge in [0.15, 0.2) is 5.83 Å². The van der Waals surface area contributed by atoms with E-state index in [0.717, 1.165) is 21.6 Å². The van der Waals surface area contributed by atoms with Gasteiger partial charge >= 0.3 is 7.12 Å². The lowest BCUT2D eigenvalue weighted by Crippen LogP contribution is -2.51. The van der Waals surface area contributed by atoms with E-state index in [4.69, 9.17) is 0 Å². The van der Waals surface area contributed by atoms with E-state index in [9.17, 15) is 24.0 Å². The van der Waals surface area contributed by atoms with Crippen molar-refractivity contribution in [1.29, 1.82) is 0 Å². The second-order valence-electron chi connectivity index (χ2n) is 6.85. The molecule has 0 aliphatic carbocycles. The molecule has 0 unspecified atom stereocenters. The van der Waals surface area contributed by atoms with E-state index in [0.29, 0.717) is 5.69 Å². The van der Waals surface area contributed by atoms with Crippen molar-refractivity contribution in [3.8, 4) is 0 Å². The molecule has 0 aliphatic heterocycles. The van der Waals surface area contributed by atoms with Gasteiger partial charge in [0.25, 0.3) is 5.91 Å². The van der Waals surface area contributed by atoms with Crippen LogP contribution in [0.25, 0.3) is 0 Å². The molecule has 0 spiro atoms. The topological polar surface area (TPSA) is 89.9 Å². The number of hydrogen-bond donors (Lipinski definition) is 3. The maximum Gasteiger partial charge on any atom is 0.475 e. The highest BCUT2D eigenvalue weighted by Crippen LogP contribution is 2.17. The number of halogens is 1. The fraction of sp³-hybridized carbons (Fsp3) is 0.238. The van der Waals surface area contributed by atoms with Crippen molar-refractivity contribution in [2.24, 2.45) is 0 Å². The first-order valence-corrected chi connectivity index (χ1v) is 9.12. The Bertz CT molecular complexity index is 890. The third-order valence-electron chi connectivity index (χ3n) is 4.49. The van der Waals surface area contributed by atoms with E-state index in [1.165, 1.54) is 0 Å². The summed E-state index contributed by atoms with van der Waals surface area (Å²) in [4.78, 5) is 25.6. The molecule has 0 saturated carbocycles. The number of nitrogens with zero attached hydrogens (tertiary/aromatic N) is 1. The van der Waals surface area contributed by atoms with Crippen LogP contribution in [0, 0.1) is 13.8 Å². The molecule has 2 amide bonds. The van der Waals surface area contributed by atoms with Crippen LogP contribution < -0.4 is 10.2 Å². The molecular weight excluding hydrogens is 374 g/mol.